The van der Waals surface area contributed by atoms with Gasteiger partial charge in [-0.25, -0.2) is 0 Å². The molecule has 0 unspecified atom stereocenters. The van der Waals surface area contributed by atoms with E-state index in [0.29, 0.717) is 0 Å². The molecule has 0 amide bonds. The minimum atomic E-state index is 0.113. The molecule has 0 saturated carbocycles. The molecule has 2 rings (SSSR count). The van der Waals surface area contributed by atoms with Gasteiger partial charge in [-0.15, -0.1) is 0 Å². The molecule has 0 atom stereocenters. The topological polar surface area (TPSA) is 25.8 Å². The summed E-state index contributed by atoms with van der Waals surface area (Å²) in [6, 6.07) is 8.68. The van der Waals surface area contributed by atoms with Crippen LogP contribution in [0, 0.1) is 3.57 Å². The Bertz CT molecular complexity index is 588. The van der Waals surface area contributed by atoms with E-state index in [1.54, 1.807) is 0 Å². The Morgan fingerprint density at radius 3 is 2.33 bits per heavy atom. The summed E-state index contributed by atoms with van der Waals surface area (Å²) < 4.78 is 2.82. The number of rotatable bonds is 5. The average Bonchev–Trinajstić information content (AvgIpc) is 2.47. The third-order valence-corrected chi connectivity index (χ3v) is 6.20. The number of pyridine rings is 2. The third kappa shape index (κ3) is 4.77. The van der Waals surface area contributed by atoms with Crippen LogP contribution < -0.4 is 21.2 Å². The Morgan fingerprint density at radius 1 is 1.00 bits per heavy atom. The van der Waals surface area contributed by atoms with Crippen LogP contribution in [-0.4, -0.2) is 14.4 Å². The maximum atomic E-state index is 4.52. The first-order valence-electron chi connectivity index (χ1n) is 7.53. The molecular formula is C18H24IN2-. The van der Waals surface area contributed by atoms with E-state index < -0.39 is 0 Å². The SMILES string of the molecule is CCCC[I-]c1ccnc(-c2cc(C(C)(C)C)ccn2)c1. The first-order chi connectivity index (χ1) is 10.0. The van der Waals surface area contributed by atoms with Gasteiger partial charge in [0.05, 0.1) is 0 Å². The molecule has 2 aromatic rings. The predicted molar refractivity (Wildman–Crippen MR) is 84.6 cm³/mol. The zero-order valence-electron chi connectivity index (χ0n) is 13.4. The van der Waals surface area contributed by atoms with E-state index >= 15 is 0 Å². The van der Waals surface area contributed by atoms with Crippen molar-refractivity contribution in [2.24, 2.45) is 0 Å². The quantitative estimate of drug-likeness (QED) is 0.436. The minimum absolute atomic E-state index is 0.113. The Kier molecular flexibility index (Phi) is 5.73. The average molecular weight is 395 g/mol. The van der Waals surface area contributed by atoms with E-state index in [9.17, 15) is 0 Å². The fourth-order valence-electron chi connectivity index (χ4n) is 1.97. The van der Waals surface area contributed by atoms with Gasteiger partial charge < -0.3 is 0 Å². The summed E-state index contributed by atoms with van der Waals surface area (Å²) in [5.41, 5.74) is 3.45. The van der Waals surface area contributed by atoms with Crippen molar-refractivity contribution in [3.8, 4) is 11.4 Å². The number of aromatic nitrogens is 2. The summed E-state index contributed by atoms with van der Waals surface area (Å²) >= 11 is 0.113. The van der Waals surface area contributed by atoms with Crippen molar-refractivity contribution in [3.63, 3.8) is 0 Å². The molecule has 3 heteroatoms. The second-order valence-electron chi connectivity index (χ2n) is 6.22. The van der Waals surface area contributed by atoms with Gasteiger partial charge in [0.15, 0.2) is 0 Å². The fraction of sp³-hybridized carbons (Fsp3) is 0.444. The van der Waals surface area contributed by atoms with Gasteiger partial charge in [0.2, 0.25) is 0 Å². The molecule has 0 N–H and O–H groups in total. The van der Waals surface area contributed by atoms with Crippen molar-refractivity contribution >= 4 is 0 Å². The first-order valence-corrected chi connectivity index (χ1v) is 10.1. The Balaban J connectivity index is 2.24. The number of halogens is 1. The molecule has 0 fully saturated rings. The van der Waals surface area contributed by atoms with Gasteiger partial charge in [0.1, 0.15) is 0 Å². The molecule has 0 aliphatic rings. The summed E-state index contributed by atoms with van der Waals surface area (Å²) in [7, 11) is 0. The molecule has 0 aliphatic carbocycles. The zero-order valence-corrected chi connectivity index (χ0v) is 15.5. The summed E-state index contributed by atoms with van der Waals surface area (Å²) in [5.74, 6) is 0. The van der Waals surface area contributed by atoms with Crippen molar-refractivity contribution in [2.75, 3.05) is 4.43 Å². The van der Waals surface area contributed by atoms with Gasteiger partial charge in [-0.05, 0) is 0 Å². The molecule has 0 spiro atoms. The molecule has 2 nitrogen and oxygen atoms in total. The van der Waals surface area contributed by atoms with Crippen LogP contribution in [0.2, 0.25) is 0 Å². The normalized spacial score (nSPS) is 11.8. The van der Waals surface area contributed by atoms with Crippen LogP contribution in [0.1, 0.15) is 46.1 Å². The number of alkyl halides is 1. The molecular weight excluding hydrogens is 371 g/mol. The standard InChI is InChI=1S/C18H24IN2/c1-5-6-9-19-15-8-11-21-17(13-15)16-12-14(7-10-20-16)18(2,3)4/h7-8,10-13H,5-6,9H2,1-4H3/q-1. The molecule has 0 radical (unpaired) electrons. The maximum absolute atomic E-state index is 4.52. The fourth-order valence-corrected chi connectivity index (χ4v) is 4.67. The van der Waals surface area contributed by atoms with Crippen LogP contribution in [0.15, 0.2) is 36.7 Å². The molecule has 114 valence electrons. The van der Waals surface area contributed by atoms with E-state index in [1.165, 1.54) is 26.4 Å². The second kappa shape index (κ2) is 7.34. The van der Waals surface area contributed by atoms with Crippen molar-refractivity contribution < 1.29 is 21.2 Å². The van der Waals surface area contributed by atoms with Crippen LogP contribution in [0.5, 0.6) is 0 Å². The molecule has 2 heterocycles. The van der Waals surface area contributed by atoms with Crippen molar-refractivity contribution in [1.29, 1.82) is 0 Å². The van der Waals surface area contributed by atoms with Crippen LogP contribution >= 0.6 is 0 Å². The van der Waals surface area contributed by atoms with Crippen molar-refractivity contribution in [3.05, 3.63) is 45.8 Å². The van der Waals surface area contributed by atoms with Crippen LogP contribution in [0.4, 0.5) is 0 Å². The summed E-state index contributed by atoms with van der Waals surface area (Å²) in [6.07, 6.45) is 6.45. The van der Waals surface area contributed by atoms with Crippen molar-refractivity contribution in [1.82, 2.24) is 9.97 Å². The van der Waals surface area contributed by atoms with Gasteiger partial charge in [0.25, 0.3) is 0 Å². The van der Waals surface area contributed by atoms with Crippen LogP contribution in [0.3, 0.4) is 0 Å². The van der Waals surface area contributed by atoms with Crippen LogP contribution in [0.25, 0.3) is 11.4 Å². The number of unbranched alkanes of at least 4 members (excludes halogenated alkanes) is 1. The van der Waals surface area contributed by atoms with E-state index in [4.69, 9.17) is 0 Å². The van der Waals surface area contributed by atoms with Gasteiger partial charge in [0, 0.05) is 0 Å². The Hall–Kier alpha value is -0.970. The number of hydrogen-bond acceptors (Lipinski definition) is 2. The summed E-state index contributed by atoms with van der Waals surface area (Å²) in [6.45, 7) is 8.94. The van der Waals surface area contributed by atoms with E-state index in [-0.39, 0.29) is 26.6 Å². The molecule has 0 saturated heterocycles. The first kappa shape index (κ1) is 16.4. The van der Waals surface area contributed by atoms with E-state index in [1.807, 2.05) is 12.4 Å². The Morgan fingerprint density at radius 2 is 1.67 bits per heavy atom. The molecule has 21 heavy (non-hydrogen) atoms. The summed E-state index contributed by atoms with van der Waals surface area (Å²) in [5, 5.41) is 0. The van der Waals surface area contributed by atoms with Crippen LogP contribution in [-0.2, 0) is 5.41 Å². The van der Waals surface area contributed by atoms with E-state index in [2.05, 4.69) is 61.9 Å². The monoisotopic (exact) mass is 395 g/mol. The van der Waals surface area contributed by atoms with Crippen molar-refractivity contribution in [2.45, 2.75) is 46.0 Å². The Labute approximate surface area is 138 Å². The molecule has 0 aromatic carbocycles. The molecule has 2 aromatic heterocycles. The van der Waals surface area contributed by atoms with E-state index in [0.717, 1.165) is 11.4 Å². The molecule has 0 bridgehead atoms. The van der Waals surface area contributed by atoms with Gasteiger partial charge in [-0.3, -0.25) is 0 Å². The zero-order chi connectivity index (χ0) is 15.3. The van der Waals surface area contributed by atoms with Gasteiger partial charge in [-0.2, -0.15) is 0 Å². The van der Waals surface area contributed by atoms with Gasteiger partial charge in [-0.1, -0.05) is 0 Å². The number of hydrogen-bond donors (Lipinski definition) is 0. The third-order valence-electron chi connectivity index (χ3n) is 3.35. The molecule has 0 aliphatic heterocycles. The van der Waals surface area contributed by atoms with Gasteiger partial charge >= 0.3 is 139 Å². The predicted octanol–water partition coefficient (Wildman–Crippen LogP) is 1.50. The second-order valence-corrected chi connectivity index (χ2v) is 9.30. The number of nitrogens with zero attached hydrogens (tertiary/aromatic N) is 2. The summed E-state index contributed by atoms with van der Waals surface area (Å²) in [4.78, 5) is 9.03.